The van der Waals surface area contributed by atoms with Crippen molar-refractivity contribution >= 4 is 11.8 Å². The van der Waals surface area contributed by atoms with E-state index >= 15 is 0 Å². The molecule has 2 fully saturated rings. The number of amides is 2. The van der Waals surface area contributed by atoms with Crippen molar-refractivity contribution in [1.29, 1.82) is 0 Å². The first-order valence-corrected chi connectivity index (χ1v) is 6.83. The molecule has 0 aromatic rings. The van der Waals surface area contributed by atoms with E-state index in [0.29, 0.717) is 6.42 Å². The zero-order valence-electron chi connectivity index (χ0n) is 11.3. The molecule has 5 nitrogen and oxygen atoms in total. The van der Waals surface area contributed by atoms with Crippen LogP contribution in [0.5, 0.6) is 0 Å². The molecule has 0 radical (unpaired) electrons. The highest BCUT2D eigenvalue weighted by atomic mass is 16.2. The Bertz CT molecular complexity index is 326. The summed E-state index contributed by atoms with van der Waals surface area (Å²) >= 11 is 0. The summed E-state index contributed by atoms with van der Waals surface area (Å²) in [5.74, 6) is 0.00315. The van der Waals surface area contributed by atoms with Gasteiger partial charge >= 0.3 is 0 Å². The number of nitrogens with one attached hydrogen (secondary N) is 1. The summed E-state index contributed by atoms with van der Waals surface area (Å²) < 4.78 is 0. The quantitative estimate of drug-likeness (QED) is 0.520. The zero-order valence-corrected chi connectivity index (χ0v) is 11.3. The maximum Gasteiger partial charge on any atom is 0.247 e. The van der Waals surface area contributed by atoms with E-state index in [9.17, 15) is 9.59 Å². The van der Waals surface area contributed by atoms with E-state index < -0.39 is 0 Å². The van der Waals surface area contributed by atoms with Gasteiger partial charge in [0.1, 0.15) is 0 Å². The highest BCUT2D eigenvalue weighted by Crippen LogP contribution is 2.31. The van der Waals surface area contributed by atoms with Gasteiger partial charge in [0, 0.05) is 6.04 Å². The van der Waals surface area contributed by atoms with E-state index in [4.69, 9.17) is 0 Å². The first-order valence-electron chi connectivity index (χ1n) is 6.83. The number of carbonyl (C=O) groups is 2. The molecule has 1 heterocycles. The predicted molar refractivity (Wildman–Crippen MR) is 69.1 cm³/mol. The number of imide groups is 1. The summed E-state index contributed by atoms with van der Waals surface area (Å²) in [4.78, 5) is 27.4. The van der Waals surface area contributed by atoms with Gasteiger partial charge in [0.05, 0.1) is 12.5 Å². The number of hydrogen-bond donors (Lipinski definition) is 1. The Morgan fingerprint density at radius 2 is 2.00 bits per heavy atom. The highest BCUT2D eigenvalue weighted by Gasteiger charge is 2.45. The monoisotopic (exact) mass is 253 g/mol. The Labute approximate surface area is 108 Å². The van der Waals surface area contributed by atoms with E-state index in [1.54, 1.807) is 0 Å². The van der Waals surface area contributed by atoms with Crippen molar-refractivity contribution in [2.24, 2.45) is 0 Å². The minimum Gasteiger partial charge on any atom is -0.309 e. The van der Waals surface area contributed by atoms with Crippen LogP contribution in [0.1, 0.15) is 32.1 Å². The molecule has 18 heavy (non-hydrogen) atoms. The number of unbranched alkanes of at least 4 members (excludes halogenated alkanes) is 1. The third kappa shape index (κ3) is 3.29. The van der Waals surface area contributed by atoms with Crippen molar-refractivity contribution in [2.75, 3.05) is 27.2 Å². The lowest BCUT2D eigenvalue weighted by atomic mass is 10.2. The lowest BCUT2D eigenvalue weighted by Gasteiger charge is -2.14. The Morgan fingerprint density at radius 3 is 2.61 bits per heavy atom. The van der Waals surface area contributed by atoms with Crippen molar-refractivity contribution in [3.05, 3.63) is 0 Å². The minimum atomic E-state index is -0.266. The number of carbonyl (C=O) groups excluding carboxylic acids is 2. The number of likely N-dealkylation sites (tertiary alicyclic amines) is 1. The second kappa shape index (κ2) is 5.80. The van der Waals surface area contributed by atoms with Crippen LogP contribution in [-0.4, -0.2) is 60.9 Å². The van der Waals surface area contributed by atoms with Gasteiger partial charge in [-0.25, -0.2) is 0 Å². The average Bonchev–Trinajstić information content (AvgIpc) is 3.07. The molecule has 2 aliphatic rings. The molecule has 1 saturated heterocycles. The maximum atomic E-state index is 12.0. The fourth-order valence-corrected chi connectivity index (χ4v) is 2.36. The summed E-state index contributed by atoms with van der Waals surface area (Å²) in [6, 6.07) is -0.0528. The van der Waals surface area contributed by atoms with Crippen LogP contribution < -0.4 is 5.32 Å². The number of hydrogen-bond acceptors (Lipinski definition) is 4. The van der Waals surface area contributed by atoms with Crippen molar-refractivity contribution in [2.45, 2.75) is 44.2 Å². The van der Waals surface area contributed by atoms with Crippen molar-refractivity contribution in [3.63, 3.8) is 0 Å². The fourth-order valence-electron chi connectivity index (χ4n) is 2.36. The Hall–Kier alpha value is -0.940. The van der Waals surface area contributed by atoms with E-state index in [2.05, 4.69) is 24.3 Å². The number of rotatable bonds is 7. The predicted octanol–water partition coefficient (Wildman–Crippen LogP) is 0.208. The molecule has 1 atom stereocenters. The van der Waals surface area contributed by atoms with Gasteiger partial charge in [-0.05, 0) is 52.9 Å². The van der Waals surface area contributed by atoms with Crippen LogP contribution in [0.3, 0.4) is 0 Å². The van der Waals surface area contributed by atoms with Crippen molar-refractivity contribution < 1.29 is 9.59 Å². The molecule has 5 heteroatoms. The smallest absolute Gasteiger partial charge is 0.247 e. The zero-order chi connectivity index (χ0) is 13.1. The van der Waals surface area contributed by atoms with Crippen LogP contribution in [0.25, 0.3) is 0 Å². The molecule has 102 valence electrons. The standard InChI is InChI=1S/C13H23N3O2/c1-15(2)8-4-3-7-14-11-9-12(17)16(13(11)18)10-5-6-10/h10-11,14H,3-9H2,1-2H3. The van der Waals surface area contributed by atoms with Gasteiger partial charge in [-0.2, -0.15) is 0 Å². The van der Waals surface area contributed by atoms with Gasteiger partial charge in [-0.1, -0.05) is 0 Å². The summed E-state index contributed by atoms with van der Waals surface area (Å²) in [6.07, 6.45) is 4.49. The summed E-state index contributed by atoms with van der Waals surface area (Å²) in [5, 5.41) is 3.22. The summed E-state index contributed by atoms with van der Waals surface area (Å²) in [7, 11) is 4.11. The average molecular weight is 253 g/mol. The lowest BCUT2D eigenvalue weighted by molar-refractivity contribution is -0.139. The molecule has 1 unspecified atom stereocenters. The Kier molecular flexibility index (Phi) is 4.35. The molecule has 0 aromatic heterocycles. The second-order valence-electron chi connectivity index (χ2n) is 5.55. The number of nitrogens with zero attached hydrogens (tertiary/aromatic N) is 2. The summed E-state index contributed by atoms with van der Waals surface area (Å²) in [6.45, 7) is 1.88. The highest BCUT2D eigenvalue weighted by molar-refractivity contribution is 6.06. The SMILES string of the molecule is CN(C)CCCCNC1CC(=O)N(C2CC2)C1=O. The van der Waals surface area contributed by atoms with E-state index in [0.717, 1.165) is 38.8 Å². The Morgan fingerprint density at radius 1 is 1.28 bits per heavy atom. The van der Waals surface area contributed by atoms with Gasteiger partial charge in [0.15, 0.2) is 0 Å². The Balaban J connectivity index is 1.67. The maximum absolute atomic E-state index is 12.0. The van der Waals surface area contributed by atoms with Crippen LogP contribution in [0.15, 0.2) is 0 Å². The van der Waals surface area contributed by atoms with Crippen molar-refractivity contribution in [3.8, 4) is 0 Å². The van der Waals surface area contributed by atoms with Crippen LogP contribution in [0, 0.1) is 0 Å². The van der Waals surface area contributed by atoms with Crippen LogP contribution in [0.2, 0.25) is 0 Å². The van der Waals surface area contributed by atoms with E-state index in [-0.39, 0.29) is 23.9 Å². The molecule has 2 amide bonds. The summed E-state index contributed by atoms with van der Waals surface area (Å²) in [5.41, 5.74) is 0. The molecule has 1 N–H and O–H groups in total. The molecule has 0 aromatic carbocycles. The normalized spacial score (nSPS) is 24.4. The molecule has 1 aliphatic heterocycles. The van der Waals surface area contributed by atoms with Gasteiger partial charge in [-0.3, -0.25) is 14.5 Å². The molecule has 2 rings (SSSR count). The van der Waals surface area contributed by atoms with E-state index in [1.165, 1.54) is 4.90 Å². The van der Waals surface area contributed by atoms with Crippen LogP contribution in [-0.2, 0) is 9.59 Å². The molecular weight excluding hydrogens is 230 g/mol. The van der Waals surface area contributed by atoms with Gasteiger partial charge < -0.3 is 10.2 Å². The molecule has 0 bridgehead atoms. The third-order valence-corrected chi connectivity index (χ3v) is 3.52. The largest absolute Gasteiger partial charge is 0.309 e. The topological polar surface area (TPSA) is 52.7 Å². The first-order chi connectivity index (χ1) is 8.59. The minimum absolute atomic E-state index is 0.00453. The van der Waals surface area contributed by atoms with Gasteiger partial charge in [0.2, 0.25) is 11.8 Å². The lowest BCUT2D eigenvalue weighted by Crippen LogP contribution is -2.40. The van der Waals surface area contributed by atoms with E-state index in [1.807, 2.05) is 0 Å². The van der Waals surface area contributed by atoms with Crippen molar-refractivity contribution in [1.82, 2.24) is 15.1 Å². The first kappa shape index (κ1) is 13.5. The molecule has 1 aliphatic carbocycles. The van der Waals surface area contributed by atoms with Crippen LogP contribution >= 0.6 is 0 Å². The van der Waals surface area contributed by atoms with Gasteiger partial charge in [-0.15, -0.1) is 0 Å². The third-order valence-electron chi connectivity index (χ3n) is 3.52. The molecule has 1 saturated carbocycles. The van der Waals surface area contributed by atoms with Crippen LogP contribution in [0.4, 0.5) is 0 Å². The fraction of sp³-hybridized carbons (Fsp3) is 0.846. The molecular formula is C13H23N3O2. The van der Waals surface area contributed by atoms with Gasteiger partial charge in [0.25, 0.3) is 0 Å². The second-order valence-corrected chi connectivity index (χ2v) is 5.55. The molecule has 0 spiro atoms.